The maximum Gasteiger partial charge on any atom is 0.123 e. The fraction of sp³-hybridized carbons (Fsp3) is 0.250. The molecule has 0 bridgehead atoms. The first-order valence-corrected chi connectivity index (χ1v) is 6.15. The summed E-state index contributed by atoms with van der Waals surface area (Å²) in [4.78, 5) is 0. The number of hydrogen-bond donors (Lipinski definition) is 1. The van der Waals surface area contributed by atoms with Gasteiger partial charge in [0.1, 0.15) is 5.82 Å². The van der Waals surface area contributed by atoms with Gasteiger partial charge in [0.25, 0.3) is 0 Å². The Kier molecular flexibility index (Phi) is 4.11. The molecule has 2 heteroatoms. The van der Waals surface area contributed by atoms with E-state index >= 15 is 0 Å². The average Bonchev–Trinajstić information content (AvgIpc) is 2.40. The Balaban J connectivity index is 2.03. The number of aliphatic hydroxyl groups is 1. The minimum atomic E-state index is -0.610. The molecule has 0 fully saturated rings. The van der Waals surface area contributed by atoms with Crippen molar-refractivity contribution in [1.82, 2.24) is 0 Å². The Bertz CT molecular complexity index is 508. The van der Waals surface area contributed by atoms with E-state index in [-0.39, 0.29) is 5.82 Å². The topological polar surface area (TPSA) is 20.2 Å². The Morgan fingerprint density at radius 2 is 1.83 bits per heavy atom. The van der Waals surface area contributed by atoms with Crippen molar-refractivity contribution in [2.24, 2.45) is 0 Å². The number of aryl methyl sites for hydroxylation is 2. The molecule has 0 radical (unpaired) electrons. The van der Waals surface area contributed by atoms with Gasteiger partial charge in [0.15, 0.2) is 0 Å². The van der Waals surface area contributed by atoms with Crippen LogP contribution in [0.1, 0.15) is 29.2 Å². The minimum absolute atomic E-state index is 0.297. The van der Waals surface area contributed by atoms with Crippen LogP contribution >= 0.6 is 0 Å². The molecule has 0 saturated heterocycles. The lowest BCUT2D eigenvalue weighted by molar-refractivity contribution is 0.166. The smallest absolute Gasteiger partial charge is 0.123 e. The van der Waals surface area contributed by atoms with Crippen LogP contribution in [-0.2, 0) is 6.42 Å². The summed E-state index contributed by atoms with van der Waals surface area (Å²) in [7, 11) is 0. The first-order valence-electron chi connectivity index (χ1n) is 6.15. The second kappa shape index (κ2) is 5.78. The monoisotopic (exact) mass is 244 g/mol. The summed E-state index contributed by atoms with van der Waals surface area (Å²) in [5.74, 6) is -0.297. The molecule has 1 nitrogen and oxygen atoms in total. The Hall–Kier alpha value is -1.67. The van der Waals surface area contributed by atoms with Crippen molar-refractivity contribution in [3.05, 3.63) is 71.0 Å². The van der Waals surface area contributed by atoms with Crippen LogP contribution in [0.5, 0.6) is 0 Å². The molecule has 0 aliphatic heterocycles. The van der Waals surface area contributed by atoms with Gasteiger partial charge in [-0.1, -0.05) is 36.4 Å². The predicted octanol–water partition coefficient (Wildman–Crippen LogP) is 3.80. The van der Waals surface area contributed by atoms with Crippen LogP contribution in [0.25, 0.3) is 0 Å². The predicted molar refractivity (Wildman–Crippen MR) is 70.9 cm³/mol. The van der Waals surface area contributed by atoms with Gasteiger partial charge in [-0.2, -0.15) is 0 Å². The van der Waals surface area contributed by atoms with E-state index < -0.39 is 6.10 Å². The molecule has 2 rings (SSSR count). The summed E-state index contributed by atoms with van der Waals surface area (Å²) in [6.07, 6.45) is 0.785. The zero-order valence-electron chi connectivity index (χ0n) is 10.4. The van der Waals surface area contributed by atoms with Crippen molar-refractivity contribution in [2.45, 2.75) is 25.9 Å². The van der Waals surface area contributed by atoms with E-state index in [4.69, 9.17) is 0 Å². The lowest BCUT2D eigenvalue weighted by Crippen LogP contribution is -2.02. The third kappa shape index (κ3) is 3.17. The molecule has 0 aliphatic carbocycles. The molecule has 0 amide bonds. The highest BCUT2D eigenvalue weighted by molar-refractivity contribution is 5.28. The molecule has 0 heterocycles. The first kappa shape index (κ1) is 12.8. The second-order valence-electron chi connectivity index (χ2n) is 4.54. The van der Waals surface area contributed by atoms with Crippen molar-refractivity contribution < 1.29 is 9.50 Å². The number of aliphatic hydroxyl groups excluding tert-OH is 1. The van der Waals surface area contributed by atoms with Crippen LogP contribution in [-0.4, -0.2) is 5.11 Å². The van der Waals surface area contributed by atoms with Crippen LogP contribution in [0.3, 0.4) is 0 Å². The molecular formula is C16H17FO. The van der Waals surface area contributed by atoms with Crippen LogP contribution in [0.4, 0.5) is 4.39 Å². The molecule has 0 spiro atoms. The first-order chi connectivity index (χ1) is 8.66. The number of benzene rings is 2. The summed E-state index contributed by atoms with van der Waals surface area (Å²) >= 11 is 0. The van der Waals surface area contributed by atoms with Gasteiger partial charge in [-0.25, -0.2) is 4.39 Å². The average molecular weight is 244 g/mol. The number of halogens is 1. The molecule has 2 aromatic carbocycles. The maximum absolute atomic E-state index is 13.2. The quantitative estimate of drug-likeness (QED) is 0.867. The highest BCUT2D eigenvalue weighted by Gasteiger charge is 2.11. The highest BCUT2D eigenvalue weighted by atomic mass is 19.1. The summed E-state index contributed by atoms with van der Waals surface area (Å²) in [6.45, 7) is 1.89. The highest BCUT2D eigenvalue weighted by Crippen LogP contribution is 2.23. The third-order valence-corrected chi connectivity index (χ3v) is 3.15. The van der Waals surface area contributed by atoms with Crippen LogP contribution in [0.15, 0.2) is 48.5 Å². The molecule has 1 N–H and O–H groups in total. The van der Waals surface area contributed by atoms with E-state index in [9.17, 15) is 9.50 Å². The molecular weight excluding hydrogens is 227 g/mol. The molecule has 2 aromatic rings. The molecule has 1 atom stereocenters. The van der Waals surface area contributed by atoms with Gasteiger partial charge in [0.2, 0.25) is 0 Å². The molecule has 0 aliphatic rings. The summed E-state index contributed by atoms with van der Waals surface area (Å²) in [5.41, 5.74) is 2.80. The standard InChI is InChI=1S/C16H17FO/c1-12-7-9-14(17)11-15(12)16(18)10-8-13-5-3-2-4-6-13/h2-7,9,11,16,18H,8,10H2,1H3. The van der Waals surface area contributed by atoms with Crippen LogP contribution in [0, 0.1) is 12.7 Å². The zero-order chi connectivity index (χ0) is 13.0. The van der Waals surface area contributed by atoms with E-state index in [2.05, 4.69) is 0 Å². The van der Waals surface area contributed by atoms with Crippen molar-refractivity contribution in [3.8, 4) is 0 Å². The van der Waals surface area contributed by atoms with Crippen molar-refractivity contribution >= 4 is 0 Å². The largest absolute Gasteiger partial charge is 0.388 e. The summed E-state index contributed by atoms with van der Waals surface area (Å²) in [5, 5.41) is 10.1. The van der Waals surface area contributed by atoms with E-state index in [1.165, 1.54) is 17.7 Å². The van der Waals surface area contributed by atoms with Gasteiger partial charge in [-0.15, -0.1) is 0 Å². The van der Waals surface area contributed by atoms with E-state index in [0.717, 1.165) is 12.0 Å². The molecule has 18 heavy (non-hydrogen) atoms. The van der Waals surface area contributed by atoms with Crippen LogP contribution in [0.2, 0.25) is 0 Å². The van der Waals surface area contributed by atoms with E-state index in [1.807, 2.05) is 37.3 Å². The van der Waals surface area contributed by atoms with Crippen molar-refractivity contribution in [3.63, 3.8) is 0 Å². The van der Waals surface area contributed by atoms with Gasteiger partial charge < -0.3 is 5.11 Å². The van der Waals surface area contributed by atoms with Gasteiger partial charge in [-0.05, 0) is 48.6 Å². The lowest BCUT2D eigenvalue weighted by atomic mass is 9.98. The summed E-state index contributed by atoms with van der Waals surface area (Å²) < 4.78 is 13.2. The summed E-state index contributed by atoms with van der Waals surface area (Å²) in [6, 6.07) is 14.5. The third-order valence-electron chi connectivity index (χ3n) is 3.15. The van der Waals surface area contributed by atoms with Gasteiger partial charge in [0, 0.05) is 0 Å². The fourth-order valence-electron chi connectivity index (χ4n) is 2.07. The van der Waals surface area contributed by atoms with Gasteiger partial charge in [-0.3, -0.25) is 0 Å². The number of rotatable bonds is 4. The van der Waals surface area contributed by atoms with Crippen molar-refractivity contribution in [1.29, 1.82) is 0 Å². The van der Waals surface area contributed by atoms with E-state index in [1.54, 1.807) is 6.07 Å². The molecule has 0 aromatic heterocycles. The maximum atomic E-state index is 13.2. The minimum Gasteiger partial charge on any atom is -0.388 e. The molecule has 94 valence electrons. The van der Waals surface area contributed by atoms with Crippen molar-refractivity contribution in [2.75, 3.05) is 0 Å². The SMILES string of the molecule is Cc1ccc(F)cc1C(O)CCc1ccccc1. The normalized spacial score (nSPS) is 12.4. The zero-order valence-corrected chi connectivity index (χ0v) is 10.4. The Morgan fingerprint density at radius 3 is 2.56 bits per heavy atom. The Morgan fingerprint density at radius 1 is 1.11 bits per heavy atom. The van der Waals surface area contributed by atoms with Gasteiger partial charge >= 0.3 is 0 Å². The molecule has 0 saturated carbocycles. The molecule has 1 unspecified atom stereocenters. The second-order valence-corrected chi connectivity index (χ2v) is 4.54. The lowest BCUT2D eigenvalue weighted by Gasteiger charge is -2.13. The van der Waals surface area contributed by atoms with Crippen LogP contribution < -0.4 is 0 Å². The van der Waals surface area contributed by atoms with Gasteiger partial charge in [0.05, 0.1) is 6.10 Å². The van der Waals surface area contributed by atoms with E-state index in [0.29, 0.717) is 12.0 Å². The Labute approximate surface area is 107 Å². The fourth-order valence-corrected chi connectivity index (χ4v) is 2.07. The number of hydrogen-bond acceptors (Lipinski definition) is 1.